The van der Waals surface area contributed by atoms with Gasteiger partial charge in [-0.1, -0.05) is 6.07 Å². The average Bonchev–Trinajstić information content (AvgIpc) is 2.23. The van der Waals surface area contributed by atoms with Crippen molar-refractivity contribution >= 4 is 11.4 Å². The molecule has 0 bridgehead atoms. The Morgan fingerprint density at radius 2 is 2.12 bits per heavy atom. The molecule has 0 heterocycles. The SMILES string of the molecule is Cc1ccc(N)c(N(CCC#N)C(C)C)c1. The number of anilines is 2. The maximum Gasteiger partial charge on any atom is 0.0640 e. The van der Waals surface area contributed by atoms with Crippen LogP contribution in [0.15, 0.2) is 18.2 Å². The smallest absolute Gasteiger partial charge is 0.0640 e. The number of nitrogens with zero attached hydrogens (tertiary/aromatic N) is 2. The molecule has 3 heteroatoms. The lowest BCUT2D eigenvalue weighted by molar-refractivity contribution is 0.687. The molecule has 0 spiro atoms. The number of nitrogen functional groups attached to an aromatic ring is 1. The number of nitrogens with two attached hydrogens (primary N) is 1. The van der Waals surface area contributed by atoms with Crippen molar-refractivity contribution in [3.63, 3.8) is 0 Å². The zero-order valence-corrected chi connectivity index (χ0v) is 10.2. The summed E-state index contributed by atoms with van der Waals surface area (Å²) in [6.45, 7) is 6.99. The predicted molar refractivity (Wildman–Crippen MR) is 68.3 cm³/mol. The first-order chi connectivity index (χ1) is 7.56. The predicted octanol–water partition coefficient (Wildman–Crippen LogP) is 2.71. The van der Waals surface area contributed by atoms with Gasteiger partial charge in [-0.25, -0.2) is 0 Å². The highest BCUT2D eigenvalue weighted by molar-refractivity contribution is 5.68. The molecule has 0 radical (unpaired) electrons. The maximum absolute atomic E-state index is 8.66. The van der Waals surface area contributed by atoms with Crippen LogP contribution in [0.3, 0.4) is 0 Å². The molecule has 0 amide bonds. The van der Waals surface area contributed by atoms with E-state index >= 15 is 0 Å². The molecule has 0 aliphatic rings. The van der Waals surface area contributed by atoms with Crippen molar-refractivity contribution in [3.05, 3.63) is 23.8 Å². The molecule has 0 saturated heterocycles. The molecule has 16 heavy (non-hydrogen) atoms. The number of benzene rings is 1. The van der Waals surface area contributed by atoms with Gasteiger partial charge >= 0.3 is 0 Å². The molecule has 0 unspecified atom stereocenters. The number of rotatable bonds is 4. The average molecular weight is 217 g/mol. The third kappa shape index (κ3) is 2.90. The van der Waals surface area contributed by atoms with Crippen molar-refractivity contribution < 1.29 is 0 Å². The summed E-state index contributed by atoms with van der Waals surface area (Å²) in [5.74, 6) is 0. The fraction of sp³-hybridized carbons (Fsp3) is 0.462. The summed E-state index contributed by atoms with van der Waals surface area (Å²) < 4.78 is 0. The molecule has 0 aromatic heterocycles. The molecule has 2 N–H and O–H groups in total. The standard InChI is InChI=1S/C13H19N3/c1-10(2)16(8-4-7-14)13-9-11(3)5-6-12(13)15/h5-6,9-10H,4,8,15H2,1-3H3. The number of hydrogen-bond acceptors (Lipinski definition) is 3. The Bertz CT molecular complexity index is 391. The van der Waals surface area contributed by atoms with Gasteiger partial charge in [0.25, 0.3) is 0 Å². The van der Waals surface area contributed by atoms with Crippen LogP contribution in [0.1, 0.15) is 25.8 Å². The zero-order valence-electron chi connectivity index (χ0n) is 10.2. The Morgan fingerprint density at radius 1 is 1.44 bits per heavy atom. The van der Waals surface area contributed by atoms with Crippen molar-refractivity contribution in [3.8, 4) is 6.07 Å². The first kappa shape index (κ1) is 12.4. The number of hydrogen-bond donors (Lipinski definition) is 1. The van der Waals surface area contributed by atoms with Crippen LogP contribution in [0, 0.1) is 18.3 Å². The zero-order chi connectivity index (χ0) is 12.1. The van der Waals surface area contributed by atoms with E-state index in [-0.39, 0.29) is 0 Å². The van der Waals surface area contributed by atoms with E-state index in [9.17, 15) is 0 Å². The Kier molecular flexibility index (Phi) is 4.19. The molecule has 0 fully saturated rings. The fourth-order valence-electron chi connectivity index (χ4n) is 1.73. The summed E-state index contributed by atoms with van der Waals surface area (Å²) in [4.78, 5) is 2.17. The van der Waals surface area contributed by atoms with Gasteiger partial charge in [0.05, 0.1) is 23.9 Å². The summed E-state index contributed by atoms with van der Waals surface area (Å²) in [5, 5.41) is 8.66. The fourth-order valence-corrected chi connectivity index (χ4v) is 1.73. The Morgan fingerprint density at radius 3 is 2.69 bits per heavy atom. The van der Waals surface area contributed by atoms with Crippen LogP contribution < -0.4 is 10.6 Å². The summed E-state index contributed by atoms with van der Waals surface area (Å²) in [6, 6.07) is 8.52. The third-order valence-electron chi connectivity index (χ3n) is 2.58. The summed E-state index contributed by atoms with van der Waals surface area (Å²) in [7, 11) is 0. The van der Waals surface area contributed by atoms with Crippen LogP contribution in [0.5, 0.6) is 0 Å². The van der Waals surface area contributed by atoms with Crippen molar-refractivity contribution in [2.45, 2.75) is 33.2 Å². The van der Waals surface area contributed by atoms with Crippen molar-refractivity contribution in [2.24, 2.45) is 0 Å². The lowest BCUT2D eigenvalue weighted by Crippen LogP contribution is -2.32. The highest BCUT2D eigenvalue weighted by atomic mass is 15.2. The molecule has 3 nitrogen and oxygen atoms in total. The molecular weight excluding hydrogens is 198 g/mol. The van der Waals surface area contributed by atoms with Crippen molar-refractivity contribution in [1.82, 2.24) is 0 Å². The van der Waals surface area contributed by atoms with Crippen LogP contribution in [0.4, 0.5) is 11.4 Å². The van der Waals surface area contributed by atoms with Gasteiger partial charge in [0.1, 0.15) is 0 Å². The van der Waals surface area contributed by atoms with Crippen LogP contribution >= 0.6 is 0 Å². The van der Waals surface area contributed by atoms with E-state index < -0.39 is 0 Å². The van der Waals surface area contributed by atoms with Crippen LogP contribution in [-0.4, -0.2) is 12.6 Å². The normalized spacial score (nSPS) is 10.2. The Balaban J connectivity index is 3.01. The van der Waals surface area contributed by atoms with Crippen molar-refractivity contribution in [2.75, 3.05) is 17.2 Å². The minimum absolute atomic E-state index is 0.345. The van der Waals surface area contributed by atoms with E-state index in [4.69, 9.17) is 11.0 Å². The molecule has 0 aliphatic carbocycles. The minimum Gasteiger partial charge on any atom is -0.397 e. The van der Waals surface area contributed by atoms with Gasteiger partial charge in [-0.15, -0.1) is 0 Å². The van der Waals surface area contributed by atoms with Crippen LogP contribution in [-0.2, 0) is 0 Å². The van der Waals surface area contributed by atoms with Crippen LogP contribution in [0.25, 0.3) is 0 Å². The van der Waals surface area contributed by atoms with Gasteiger partial charge < -0.3 is 10.6 Å². The Labute approximate surface area is 97.5 Å². The minimum atomic E-state index is 0.345. The second kappa shape index (κ2) is 5.41. The highest BCUT2D eigenvalue weighted by Gasteiger charge is 2.12. The lowest BCUT2D eigenvalue weighted by Gasteiger charge is -2.29. The largest absolute Gasteiger partial charge is 0.397 e. The maximum atomic E-state index is 8.66. The second-order valence-electron chi connectivity index (χ2n) is 4.26. The molecule has 1 aromatic carbocycles. The number of aryl methyl sites for hydroxylation is 1. The van der Waals surface area contributed by atoms with E-state index in [1.54, 1.807) is 0 Å². The molecule has 0 atom stereocenters. The van der Waals surface area contributed by atoms with Gasteiger partial charge in [0, 0.05) is 12.6 Å². The summed E-state index contributed by atoms with van der Waals surface area (Å²) in [6.07, 6.45) is 0.519. The summed E-state index contributed by atoms with van der Waals surface area (Å²) in [5.41, 5.74) is 8.97. The van der Waals surface area contributed by atoms with Crippen molar-refractivity contribution in [1.29, 1.82) is 5.26 Å². The molecule has 86 valence electrons. The quantitative estimate of drug-likeness (QED) is 0.789. The van der Waals surface area contributed by atoms with E-state index in [1.807, 2.05) is 19.1 Å². The number of nitriles is 1. The topological polar surface area (TPSA) is 53.0 Å². The van der Waals surface area contributed by atoms with Gasteiger partial charge in [-0.3, -0.25) is 0 Å². The van der Waals surface area contributed by atoms with E-state index in [1.165, 1.54) is 5.56 Å². The molecule has 0 saturated carbocycles. The van der Waals surface area contributed by atoms with Gasteiger partial charge in [0.2, 0.25) is 0 Å². The second-order valence-corrected chi connectivity index (χ2v) is 4.26. The van der Waals surface area contributed by atoms with Gasteiger partial charge in [0.15, 0.2) is 0 Å². The monoisotopic (exact) mass is 217 g/mol. The molecule has 1 rings (SSSR count). The molecule has 1 aromatic rings. The Hall–Kier alpha value is -1.69. The van der Waals surface area contributed by atoms with Gasteiger partial charge in [-0.05, 0) is 38.5 Å². The summed E-state index contributed by atoms with van der Waals surface area (Å²) >= 11 is 0. The van der Waals surface area contributed by atoms with E-state index in [2.05, 4.69) is 30.9 Å². The molecular formula is C13H19N3. The van der Waals surface area contributed by atoms with Gasteiger partial charge in [-0.2, -0.15) is 5.26 Å². The van der Waals surface area contributed by atoms with E-state index in [0.29, 0.717) is 12.5 Å². The third-order valence-corrected chi connectivity index (χ3v) is 2.58. The first-order valence-electron chi connectivity index (χ1n) is 5.56. The highest BCUT2D eigenvalue weighted by Crippen LogP contribution is 2.26. The van der Waals surface area contributed by atoms with E-state index in [0.717, 1.165) is 17.9 Å². The first-order valence-corrected chi connectivity index (χ1v) is 5.56. The lowest BCUT2D eigenvalue weighted by atomic mass is 10.1. The van der Waals surface area contributed by atoms with Crippen LogP contribution in [0.2, 0.25) is 0 Å². The molecule has 0 aliphatic heterocycles.